The smallest absolute Gasteiger partial charge is 0.254 e. The van der Waals surface area contributed by atoms with Crippen LogP contribution in [0.15, 0.2) is 6.07 Å². The average Bonchev–Trinajstić information content (AvgIpc) is 2.93. The Hall–Kier alpha value is -1.37. The zero-order chi connectivity index (χ0) is 16.4. The van der Waals surface area contributed by atoms with E-state index in [1.54, 1.807) is 0 Å². The summed E-state index contributed by atoms with van der Waals surface area (Å²) >= 11 is 0. The van der Waals surface area contributed by atoms with Crippen LogP contribution in [0.4, 0.5) is 0 Å². The first-order valence-corrected chi connectivity index (χ1v) is 8.36. The standard InChI is InChI=1S/C17H25N5O.2ClH/c1-11-10-14(15-12(2)20-21-16(15)19-11)17(23)22-8-5-13(6-9-22)4-7-18-3;;/h10,13,18H,4-9H2,1-3H3,(H,19,20,21);2*1H. The number of H-pyrrole nitrogens is 1. The molecule has 2 N–H and O–H groups in total. The van der Waals surface area contributed by atoms with E-state index in [0.717, 1.165) is 60.7 Å². The molecule has 3 rings (SSSR count). The highest BCUT2D eigenvalue weighted by atomic mass is 35.5. The van der Waals surface area contributed by atoms with E-state index in [0.29, 0.717) is 5.65 Å². The Labute approximate surface area is 161 Å². The molecule has 25 heavy (non-hydrogen) atoms. The fraction of sp³-hybridized carbons (Fsp3) is 0.588. The van der Waals surface area contributed by atoms with Crippen LogP contribution in [0, 0.1) is 19.8 Å². The molecule has 0 radical (unpaired) electrons. The summed E-state index contributed by atoms with van der Waals surface area (Å²) in [5.74, 6) is 0.832. The number of aromatic nitrogens is 3. The van der Waals surface area contributed by atoms with Crippen molar-refractivity contribution < 1.29 is 4.79 Å². The zero-order valence-electron chi connectivity index (χ0n) is 15.0. The van der Waals surface area contributed by atoms with Crippen molar-refractivity contribution in [3.05, 3.63) is 23.0 Å². The highest BCUT2D eigenvalue weighted by molar-refractivity contribution is 6.06. The van der Waals surface area contributed by atoms with E-state index in [9.17, 15) is 4.79 Å². The van der Waals surface area contributed by atoms with Crippen molar-refractivity contribution in [2.24, 2.45) is 5.92 Å². The van der Waals surface area contributed by atoms with Crippen molar-refractivity contribution in [1.29, 1.82) is 0 Å². The minimum absolute atomic E-state index is 0. The number of aryl methyl sites for hydroxylation is 2. The molecule has 0 saturated carbocycles. The number of pyridine rings is 1. The fourth-order valence-corrected chi connectivity index (χ4v) is 3.41. The summed E-state index contributed by atoms with van der Waals surface area (Å²) in [5.41, 5.74) is 3.10. The average molecular weight is 388 g/mol. The van der Waals surface area contributed by atoms with Crippen LogP contribution < -0.4 is 5.32 Å². The van der Waals surface area contributed by atoms with Gasteiger partial charge in [0.15, 0.2) is 5.65 Å². The van der Waals surface area contributed by atoms with E-state index < -0.39 is 0 Å². The normalized spacial score (nSPS) is 14.9. The van der Waals surface area contributed by atoms with Gasteiger partial charge >= 0.3 is 0 Å². The largest absolute Gasteiger partial charge is 0.339 e. The quantitative estimate of drug-likeness (QED) is 0.845. The predicted octanol–water partition coefficient (Wildman–Crippen LogP) is 2.88. The molecule has 1 amide bonds. The summed E-state index contributed by atoms with van der Waals surface area (Å²) in [6.45, 7) is 6.58. The number of carbonyl (C=O) groups excluding carboxylic acids is 1. The van der Waals surface area contributed by atoms with Crippen molar-refractivity contribution in [2.75, 3.05) is 26.7 Å². The maximum absolute atomic E-state index is 13.0. The molecule has 0 aromatic carbocycles. The second-order valence-electron chi connectivity index (χ2n) is 6.49. The lowest BCUT2D eigenvalue weighted by Gasteiger charge is -2.32. The van der Waals surface area contributed by atoms with Gasteiger partial charge in [0.1, 0.15) is 0 Å². The number of hydrogen-bond donors (Lipinski definition) is 2. The Morgan fingerprint density at radius 3 is 2.64 bits per heavy atom. The van der Waals surface area contributed by atoms with Crippen molar-refractivity contribution in [2.45, 2.75) is 33.1 Å². The second kappa shape index (κ2) is 9.36. The molecule has 0 unspecified atom stereocenters. The van der Waals surface area contributed by atoms with Gasteiger partial charge in [0, 0.05) is 24.5 Å². The van der Waals surface area contributed by atoms with Crippen LogP contribution >= 0.6 is 24.8 Å². The van der Waals surface area contributed by atoms with Crippen LogP contribution in [0.3, 0.4) is 0 Å². The van der Waals surface area contributed by atoms with Gasteiger partial charge in [0.05, 0.1) is 10.9 Å². The second-order valence-corrected chi connectivity index (χ2v) is 6.49. The minimum atomic E-state index is 0. The molecule has 0 aliphatic carbocycles. The molecule has 1 saturated heterocycles. The molecule has 2 aromatic rings. The van der Waals surface area contributed by atoms with Crippen molar-refractivity contribution in [3.8, 4) is 0 Å². The van der Waals surface area contributed by atoms with Crippen LogP contribution in [0.2, 0.25) is 0 Å². The van der Waals surface area contributed by atoms with Crippen molar-refractivity contribution >= 4 is 41.8 Å². The lowest BCUT2D eigenvalue weighted by molar-refractivity contribution is 0.0689. The van der Waals surface area contributed by atoms with Crippen LogP contribution in [-0.4, -0.2) is 52.7 Å². The third-order valence-electron chi connectivity index (χ3n) is 4.77. The molecule has 0 bridgehead atoms. The molecule has 1 fully saturated rings. The number of piperidine rings is 1. The van der Waals surface area contributed by atoms with E-state index >= 15 is 0 Å². The summed E-state index contributed by atoms with van der Waals surface area (Å²) in [6, 6.07) is 1.89. The minimum Gasteiger partial charge on any atom is -0.339 e. The van der Waals surface area contributed by atoms with Crippen LogP contribution in [-0.2, 0) is 0 Å². The molecule has 1 aliphatic rings. The van der Waals surface area contributed by atoms with Gasteiger partial charge in [-0.25, -0.2) is 4.98 Å². The van der Waals surface area contributed by atoms with Crippen LogP contribution in [0.25, 0.3) is 11.0 Å². The number of fused-ring (bicyclic) bond motifs is 1. The molecule has 8 heteroatoms. The number of halogens is 2. The van der Waals surface area contributed by atoms with Gasteiger partial charge in [0.25, 0.3) is 5.91 Å². The Bertz CT molecular complexity index is 710. The van der Waals surface area contributed by atoms with Crippen molar-refractivity contribution in [3.63, 3.8) is 0 Å². The lowest BCUT2D eigenvalue weighted by atomic mass is 9.93. The summed E-state index contributed by atoms with van der Waals surface area (Å²) in [5, 5.41) is 11.2. The number of carbonyl (C=O) groups is 1. The van der Waals surface area contributed by atoms with Gasteiger partial charge in [-0.15, -0.1) is 24.8 Å². The van der Waals surface area contributed by atoms with Gasteiger partial charge in [-0.1, -0.05) is 0 Å². The summed E-state index contributed by atoms with van der Waals surface area (Å²) in [6.07, 6.45) is 3.37. The van der Waals surface area contributed by atoms with Crippen molar-refractivity contribution in [1.82, 2.24) is 25.4 Å². The number of amides is 1. The molecule has 3 heterocycles. The predicted molar refractivity (Wildman–Crippen MR) is 105 cm³/mol. The fourth-order valence-electron chi connectivity index (χ4n) is 3.41. The van der Waals surface area contributed by atoms with E-state index in [2.05, 4.69) is 20.5 Å². The monoisotopic (exact) mass is 387 g/mol. The first kappa shape index (κ1) is 21.7. The summed E-state index contributed by atoms with van der Waals surface area (Å²) < 4.78 is 0. The highest BCUT2D eigenvalue weighted by Crippen LogP contribution is 2.25. The SMILES string of the molecule is CNCCC1CCN(C(=O)c2cc(C)nc3n[nH]c(C)c23)CC1.Cl.Cl. The van der Waals surface area contributed by atoms with Gasteiger partial charge in [-0.05, 0) is 58.7 Å². The van der Waals surface area contributed by atoms with Crippen LogP contribution in [0.1, 0.15) is 41.0 Å². The number of likely N-dealkylation sites (tertiary alicyclic amines) is 1. The van der Waals surface area contributed by atoms with E-state index in [4.69, 9.17) is 0 Å². The third kappa shape index (κ3) is 4.63. The van der Waals surface area contributed by atoms with E-state index in [-0.39, 0.29) is 30.7 Å². The molecule has 0 atom stereocenters. The summed E-state index contributed by atoms with van der Waals surface area (Å²) in [4.78, 5) is 19.4. The summed E-state index contributed by atoms with van der Waals surface area (Å²) in [7, 11) is 1.99. The Balaban J connectivity index is 0.00000156. The maximum atomic E-state index is 13.0. The number of rotatable bonds is 4. The molecule has 140 valence electrons. The Morgan fingerprint density at radius 1 is 1.32 bits per heavy atom. The number of nitrogens with zero attached hydrogens (tertiary/aromatic N) is 3. The lowest BCUT2D eigenvalue weighted by Crippen LogP contribution is -2.39. The first-order chi connectivity index (χ1) is 11.1. The Morgan fingerprint density at radius 2 is 2.00 bits per heavy atom. The zero-order valence-corrected chi connectivity index (χ0v) is 16.6. The maximum Gasteiger partial charge on any atom is 0.254 e. The molecular formula is C17H27Cl2N5O. The molecule has 1 aliphatic heterocycles. The molecule has 2 aromatic heterocycles. The van der Waals surface area contributed by atoms with Gasteiger partial charge in [-0.3, -0.25) is 9.89 Å². The van der Waals surface area contributed by atoms with Crippen LogP contribution in [0.5, 0.6) is 0 Å². The molecular weight excluding hydrogens is 361 g/mol. The molecule has 6 nitrogen and oxygen atoms in total. The van der Waals surface area contributed by atoms with E-state index in [1.807, 2.05) is 31.9 Å². The molecule has 0 spiro atoms. The van der Waals surface area contributed by atoms with E-state index in [1.165, 1.54) is 6.42 Å². The topological polar surface area (TPSA) is 73.9 Å². The third-order valence-corrected chi connectivity index (χ3v) is 4.77. The Kier molecular flexibility index (Phi) is 8.12. The number of nitrogens with one attached hydrogen (secondary N) is 2. The van der Waals surface area contributed by atoms with Gasteiger partial charge in [-0.2, -0.15) is 5.10 Å². The van der Waals surface area contributed by atoms with Gasteiger partial charge in [0.2, 0.25) is 0 Å². The number of hydrogen-bond acceptors (Lipinski definition) is 4. The number of aromatic amines is 1. The van der Waals surface area contributed by atoms with Gasteiger partial charge < -0.3 is 10.2 Å². The first-order valence-electron chi connectivity index (χ1n) is 8.36. The highest BCUT2D eigenvalue weighted by Gasteiger charge is 2.25.